The number of ketones is 1. The number of thiol groups is 1. The Balaban J connectivity index is 0.000000256. The molecule has 0 saturated heterocycles. The van der Waals surface area contributed by atoms with Crippen molar-refractivity contribution in [2.45, 2.75) is 45.3 Å². The Morgan fingerprint density at radius 1 is 0.861 bits per heavy atom. The summed E-state index contributed by atoms with van der Waals surface area (Å²) in [7, 11) is 0. The lowest BCUT2D eigenvalue weighted by Gasteiger charge is -2.38. The van der Waals surface area contributed by atoms with Gasteiger partial charge in [-0.2, -0.15) is 12.6 Å². The van der Waals surface area contributed by atoms with E-state index in [2.05, 4.69) is 72.8 Å². The van der Waals surface area contributed by atoms with E-state index in [1.165, 1.54) is 24.0 Å². The number of ether oxygens (including phenoxy) is 1. The molecule has 0 N–H and O–H groups in total. The third-order valence-corrected chi connectivity index (χ3v) is 7.95. The molecule has 0 fully saturated rings. The van der Waals surface area contributed by atoms with Crippen molar-refractivity contribution in [1.29, 1.82) is 0 Å². The fourth-order valence-electron chi connectivity index (χ4n) is 4.71. The number of rotatable bonds is 4. The molecule has 0 spiro atoms. The number of hydrogen-bond acceptors (Lipinski definition) is 3. The molecule has 1 heterocycles. The van der Waals surface area contributed by atoms with Gasteiger partial charge in [0.05, 0.1) is 4.75 Å². The molecule has 4 aromatic carbocycles. The fraction of sp³-hybridized carbons (Fsp3) is 0.219. The number of carbonyl (C=O) groups is 1. The molecule has 4 aromatic rings. The van der Waals surface area contributed by atoms with Crippen molar-refractivity contribution in [2.75, 3.05) is 0 Å². The van der Waals surface area contributed by atoms with Crippen LogP contribution in [0.5, 0.6) is 11.5 Å². The van der Waals surface area contributed by atoms with E-state index in [0.29, 0.717) is 5.56 Å². The summed E-state index contributed by atoms with van der Waals surface area (Å²) in [5.41, 5.74) is 7.50. The normalized spacial score (nSPS) is 15.6. The second-order valence-corrected chi connectivity index (χ2v) is 11.1. The summed E-state index contributed by atoms with van der Waals surface area (Å²) in [4.78, 5) is 12.3. The molecule has 1 aliphatic rings. The zero-order chi connectivity index (χ0) is 25.9. The predicted molar refractivity (Wildman–Crippen MR) is 161 cm³/mol. The first-order valence-electron chi connectivity index (χ1n) is 12.2. The van der Waals surface area contributed by atoms with Gasteiger partial charge in [-0.25, -0.2) is 0 Å². The predicted octanol–water partition coefficient (Wildman–Crippen LogP) is 9.08. The van der Waals surface area contributed by atoms with Crippen LogP contribution in [-0.2, 0) is 11.2 Å². The van der Waals surface area contributed by atoms with Crippen LogP contribution in [0.15, 0.2) is 84.9 Å². The molecule has 0 bridgehead atoms. The molecule has 5 rings (SSSR count). The first-order chi connectivity index (χ1) is 17.3. The lowest BCUT2D eigenvalue weighted by atomic mass is 9.79. The molecule has 36 heavy (non-hydrogen) atoms. The molecule has 0 radical (unpaired) electrons. The van der Waals surface area contributed by atoms with Crippen LogP contribution in [-0.4, -0.2) is 5.78 Å². The molecule has 0 saturated carbocycles. The minimum Gasteiger partial charge on any atom is -0.457 e. The van der Waals surface area contributed by atoms with Gasteiger partial charge in [0.25, 0.3) is 0 Å². The highest BCUT2D eigenvalue weighted by molar-refractivity contribution is 14.1. The molecular formula is C32H31IO2S. The van der Waals surface area contributed by atoms with Crippen molar-refractivity contribution in [3.63, 3.8) is 0 Å². The third-order valence-electron chi connectivity index (χ3n) is 6.56. The summed E-state index contributed by atoms with van der Waals surface area (Å²) in [5, 5.41) is 0. The molecule has 0 aromatic heterocycles. The molecule has 1 aliphatic heterocycles. The number of Topliss-reactive ketones (excluding diaryl/α,β-unsaturated/α-hetero) is 1. The second kappa shape index (κ2) is 11.2. The minimum atomic E-state index is -0.761. The van der Waals surface area contributed by atoms with Gasteiger partial charge >= 0.3 is 0 Å². The van der Waals surface area contributed by atoms with Crippen LogP contribution < -0.4 is 4.74 Å². The first kappa shape index (κ1) is 26.5. The van der Waals surface area contributed by atoms with Crippen molar-refractivity contribution in [3.05, 3.63) is 127 Å². The molecule has 1 unspecified atom stereocenters. The lowest BCUT2D eigenvalue weighted by Crippen LogP contribution is -2.29. The quantitative estimate of drug-likeness (QED) is 0.143. The number of benzene rings is 4. The van der Waals surface area contributed by atoms with Gasteiger partial charge in [0.1, 0.15) is 11.5 Å². The number of hydrogen-bond donors (Lipinski definition) is 1. The SMILES string of the molecule is CC(=O)c1ccccc1C1(S)c2ccc(C)cc2Oc2cc(I)ccc21.CCCc1ccccc1C. The highest BCUT2D eigenvalue weighted by atomic mass is 127. The van der Waals surface area contributed by atoms with Crippen LogP contribution in [0.3, 0.4) is 0 Å². The Kier molecular flexibility index (Phi) is 8.26. The van der Waals surface area contributed by atoms with Crippen LogP contribution >= 0.6 is 35.2 Å². The Morgan fingerprint density at radius 3 is 2.19 bits per heavy atom. The smallest absolute Gasteiger partial charge is 0.160 e. The maximum atomic E-state index is 12.3. The molecular weight excluding hydrogens is 575 g/mol. The van der Waals surface area contributed by atoms with Crippen molar-refractivity contribution < 1.29 is 9.53 Å². The van der Waals surface area contributed by atoms with Gasteiger partial charge in [-0.15, -0.1) is 0 Å². The summed E-state index contributed by atoms with van der Waals surface area (Å²) in [6.07, 6.45) is 2.46. The van der Waals surface area contributed by atoms with Crippen molar-refractivity contribution >= 4 is 41.0 Å². The number of carbonyl (C=O) groups excluding carboxylic acids is 1. The number of fused-ring (bicyclic) bond motifs is 2. The van der Waals surface area contributed by atoms with Crippen LogP contribution in [0.4, 0.5) is 0 Å². The van der Waals surface area contributed by atoms with Gasteiger partial charge < -0.3 is 4.74 Å². The largest absolute Gasteiger partial charge is 0.457 e. The standard InChI is InChI=1S/C22H17IO2S.C10H14/c1-13-7-9-18-20(11-13)25-21-12-15(23)8-10-19(21)22(18,26)17-6-4-3-5-16(17)14(2)24;1-3-6-10-8-5-4-7-9(10)2/h3-12,26H,1-2H3;4-5,7-8H,3,6H2,1-2H3. The van der Waals surface area contributed by atoms with Crippen LogP contribution in [0, 0.1) is 17.4 Å². The summed E-state index contributed by atoms with van der Waals surface area (Å²) < 4.78 is 6.55. The zero-order valence-electron chi connectivity index (χ0n) is 21.1. The van der Waals surface area contributed by atoms with Crippen molar-refractivity contribution in [1.82, 2.24) is 0 Å². The van der Waals surface area contributed by atoms with E-state index in [4.69, 9.17) is 17.4 Å². The Bertz CT molecular complexity index is 1360. The van der Waals surface area contributed by atoms with Crippen molar-refractivity contribution in [3.8, 4) is 11.5 Å². The fourth-order valence-corrected chi connectivity index (χ4v) is 5.74. The van der Waals surface area contributed by atoms with Crippen molar-refractivity contribution in [2.24, 2.45) is 0 Å². The lowest BCUT2D eigenvalue weighted by molar-refractivity contribution is 0.101. The van der Waals surface area contributed by atoms with E-state index in [9.17, 15) is 4.79 Å². The van der Waals surface area contributed by atoms with Gasteiger partial charge in [-0.05, 0) is 90.2 Å². The average Bonchev–Trinajstić information content (AvgIpc) is 2.85. The minimum absolute atomic E-state index is 0.0289. The highest BCUT2D eigenvalue weighted by Gasteiger charge is 2.42. The summed E-state index contributed by atoms with van der Waals surface area (Å²) in [6, 6.07) is 28.5. The summed E-state index contributed by atoms with van der Waals surface area (Å²) >= 11 is 7.47. The second-order valence-electron chi connectivity index (χ2n) is 9.23. The van der Waals surface area contributed by atoms with Gasteiger partial charge in [-0.3, -0.25) is 4.79 Å². The van der Waals surface area contributed by atoms with Crippen LogP contribution in [0.1, 0.15) is 64.0 Å². The Morgan fingerprint density at radius 2 is 1.50 bits per heavy atom. The van der Waals surface area contributed by atoms with Crippen LogP contribution in [0.25, 0.3) is 0 Å². The Labute approximate surface area is 233 Å². The zero-order valence-corrected chi connectivity index (χ0v) is 24.2. The molecule has 184 valence electrons. The van der Waals surface area contributed by atoms with Gasteiger partial charge in [0.15, 0.2) is 5.78 Å². The first-order valence-corrected chi connectivity index (χ1v) is 13.7. The van der Waals surface area contributed by atoms with E-state index < -0.39 is 4.75 Å². The topological polar surface area (TPSA) is 26.3 Å². The molecule has 0 aliphatic carbocycles. The van der Waals surface area contributed by atoms with Gasteiger partial charge in [0.2, 0.25) is 0 Å². The summed E-state index contributed by atoms with van der Waals surface area (Å²) in [6.45, 7) is 8.02. The summed E-state index contributed by atoms with van der Waals surface area (Å²) in [5.74, 6) is 1.59. The number of halogens is 1. The maximum absolute atomic E-state index is 12.3. The highest BCUT2D eigenvalue weighted by Crippen LogP contribution is 2.55. The maximum Gasteiger partial charge on any atom is 0.160 e. The van der Waals surface area contributed by atoms with E-state index in [1.54, 1.807) is 6.92 Å². The van der Waals surface area contributed by atoms with Crippen LogP contribution in [0.2, 0.25) is 0 Å². The van der Waals surface area contributed by atoms with Gasteiger partial charge in [0, 0.05) is 20.3 Å². The third kappa shape index (κ3) is 5.25. The van der Waals surface area contributed by atoms with E-state index in [1.807, 2.05) is 55.5 Å². The van der Waals surface area contributed by atoms with Gasteiger partial charge in [-0.1, -0.05) is 80.1 Å². The monoisotopic (exact) mass is 606 g/mol. The molecule has 4 heteroatoms. The van der Waals surface area contributed by atoms with E-state index >= 15 is 0 Å². The van der Waals surface area contributed by atoms with E-state index in [-0.39, 0.29) is 5.78 Å². The molecule has 0 amide bonds. The molecule has 1 atom stereocenters. The average molecular weight is 607 g/mol. The number of aryl methyl sites for hydroxylation is 3. The Hall–Kier alpha value is -2.57. The van der Waals surface area contributed by atoms with E-state index in [0.717, 1.165) is 37.3 Å². The molecule has 2 nitrogen and oxygen atoms in total.